The number of benzene rings is 2. The lowest BCUT2D eigenvalue weighted by atomic mass is 10.1. The molecule has 0 bridgehead atoms. The van der Waals surface area contributed by atoms with Gasteiger partial charge in [0.25, 0.3) is 0 Å². The first-order chi connectivity index (χ1) is 15.1. The van der Waals surface area contributed by atoms with Gasteiger partial charge in [0, 0.05) is 13.1 Å². The second kappa shape index (κ2) is 12.8. The first-order valence-corrected chi connectivity index (χ1v) is 10.8. The van der Waals surface area contributed by atoms with Crippen molar-refractivity contribution < 1.29 is 23.7 Å². The molecule has 1 unspecified atom stereocenters. The molecule has 170 valence electrons. The third kappa shape index (κ3) is 7.17. The van der Waals surface area contributed by atoms with E-state index in [1.54, 1.807) is 12.1 Å². The summed E-state index contributed by atoms with van der Waals surface area (Å²) in [7, 11) is 4.58. The smallest absolute Gasteiger partial charge is 0.338 e. The van der Waals surface area contributed by atoms with Crippen molar-refractivity contribution in [2.24, 2.45) is 0 Å². The molecule has 0 aliphatic rings. The molecule has 0 amide bonds. The van der Waals surface area contributed by atoms with Crippen LogP contribution in [-0.4, -0.2) is 57.9 Å². The topological polar surface area (TPSA) is 57.2 Å². The number of rotatable bonds is 13. The lowest BCUT2D eigenvalue weighted by Gasteiger charge is -2.24. The van der Waals surface area contributed by atoms with Crippen LogP contribution in [0.4, 0.5) is 0 Å². The van der Waals surface area contributed by atoms with Crippen molar-refractivity contribution in [1.29, 1.82) is 0 Å². The summed E-state index contributed by atoms with van der Waals surface area (Å²) in [6.07, 6.45) is 2.40. The average molecular weight is 430 g/mol. The summed E-state index contributed by atoms with van der Waals surface area (Å²) in [6.45, 7) is 7.02. The Labute approximate surface area is 186 Å². The standard InChI is InChI=1S/C25H35NO5/c1-6-21(14-16-26(7-2)15-13-19-11-9-8-10-12-19)31-25(27)20-17-22(28-3)24(30-5)23(18-20)29-4/h8-12,17-18,21H,6-7,13-16H2,1-5H3. The molecule has 1 atom stereocenters. The van der Waals surface area contributed by atoms with E-state index in [0.717, 1.165) is 38.9 Å². The Balaban J connectivity index is 1.96. The van der Waals surface area contributed by atoms with E-state index in [1.165, 1.54) is 26.9 Å². The fraction of sp³-hybridized carbons (Fsp3) is 0.480. The van der Waals surface area contributed by atoms with Crippen LogP contribution >= 0.6 is 0 Å². The predicted molar refractivity (Wildman–Crippen MR) is 122 cm³/mol. The fourth-order valence-corrected chi connectivity index (χ4v) is 3.45. The lowest BCUT2D eigenvalue weighted by Crippen LogP contribution is -2.30. The molecule has 6 heteroatoms. The summed E-state index contributed by atoms with van der Waals surface area (Å²) < 4.78 is 21.8. The van der Waals surface area contributed by atoms with Crippen molar-refractivity contribution in [2.45, 2.75) is 39.2 Å². The number of likely N-dealkylation sites (N-methyl/N-ethyl adjacent to an activating group) is 1. The average Bonchev–Trinajstić information content (AvgIpc) is 2.82. The van der Waals surface area contributed by atoms with Crippen molar-refractivity contribution in [3.05, 3.63) is 53.6 Å². The number of ether oxygens (including phenoxy) is 4. The van der Waals surface area contributed by atoms with Gasteiger partial charge >= 0.3 is 5.97 Å². The van der Waals surface area contributed by atoms with E-state index in [2.05, 4.69) is 36.1 Å². The summed E-state index contributed by atoms with van der Waals surface area (Å²) >= 11 is 0. The summed E-state index contributed by atoms with van der Waals surface area (Å²) in [5.74, 6) is 0.920. The highest BCUT2D eigenvalue weighted by Gasteiger charge is 2.20. The Kier molecular flexibility index (Phi) is 10.2. The Morgan fingerprint density at radius 3 is 2.10 bits per heavy atom. The second-order valence-electron chi connectivity index (χ2n) is 7.31. The molecular formula is C25H35NO5. The Bertz CT molecular complexity index is 784. The van der Waals surface area contributed by atoms with Crippen LogP contribution in [0, 0.1) is 0 Å². The van der Waals surface area contributed by atoms with Gasteiger partial charge in [-0.15, -0.1) is 0 Å². The van der Waals surface area contributed by atoms with Gasteiger partial charge in [-0.2, -0.15) is 0 Å². The van der Waals surface area contributed by atoms with Gasteiger partial charge in [0.1, 0.15) is 6.10 Å². The number of carbonyl (C=O) groups excluding carboxylic acids is 1. The second-order valence-corrected chi connectivity index (χ2v) is 7.31. The molecule has 0 N–H and O–H groups in total. The molecule has 0 heterocycles. The monoisotopic (exact) mass is 429 g/mol. The van der Waals surface area contributed by atoms with Crippen molar-refractivity contribution in [3.63, 3.8) is 0 Å². The molecule has 0 spiro atoms. The minimum atomic E-state index is -0.390. The SMILES string of the molecule is CCC(CCN(CC)CCc1ccccc1)OC(=O)c1cc(OC)c(OC)c(OC)c1. The van der Waals surface area contributed by atoms with Crippen LogP contribution in [0.25, 0.3) is 0 Å². The highest BCUT2D eigenvalue weighted by atomic mass is 16.5. The molecule has 0 radical (unpaired) electrons. The number of hydrogen-bond acceptors (Lipinski definition) is 6. The first-order valence-electron chi connectivity index (χ1n) is 10.8. The summed E-state index contributed by atoms with van der Waals surface area (Å²) in [5, 5.41) is 0. The van der Waals surface area contributed by atoms with Gasteiger partial charge in [-0.1, -0.05) is 44.2 Å². The minimum Gasteiger partial charge on any atom is -0.493 e. The van der Waals surface area contributed by atoms with Crippen LogP contribution in [0.5, 0.6) is 17.2 Å². The van der Waals surface area contributed by atoms with E-state index in [0.29, 0.717) is 22.8 Å². The summed E-state index contributed by atoms with van der Waals surface area (Å²) in [5.41, 5.74) is 1.71. The Morgan fingerprint density at radius 1 is 0.935 bits per heavy atom. The van der Waals surface area contributed by atoms with Gasteiger partial charge in [-0.25, -0.2) is 4.79 Å². The van der Waals surface area contributed by atoms with Crippen LogP contribution in [-0.2, 0) is 11.2 Å². The number of nitrogens with zero attached hydrogens (tertiary/aromatic N) is 1. The molecule has 31 heavy (non-hydrogen) atoms. The Hall–Kier alpha value is -2.73. The van der Waals surface area contributed by atoms with E-state index in [1.807, 2.05) is 13.0 Å². The van der Waals surface area contributed by atoms with Crippen LogP contribution < -0.4 is 14.2 Å². The molecule has 2 aromatic carbocycles. The van der Waals surface area contributed by atoms with Crippen molar-refractivity contribution in [2.75, 3.05) is 41.0 Å². The number of carbonyl (C=O) groups is 1. The molecule has 0 aliphatic heterocycles. The summed E-state index contributed by atoms with van der Waals surface area (Å²) in [4.78, 5) is 15.2. The molecule has 0 saturated carbocycles. The number of hydrogen-bond donors (Lipinski definition) is 0. The molecule has 0 fully saturated rings. The fourth-order valence-electron chi connectivity index (χ4n) is 3.45. The molecule has 6 nitrogen and oxygen atoms in total. The maximum atomic E-state index is 12.8. The van der Waals surface area contributed by atoms with E-state index in [9.17, 15) is 4.79 Å². The third-order valence-corrected chi connectivity index (χ3v) is 5.40. The molecule has 2 aromatic rings. The zero-order valence-corrected chi connectivity index (χ0v) is 19.3. The highest BCUT2D eigenvalue weighted by Crippen LogP contribution is 2.38. The maximum absolute atomic E-state index is 12.8. The highest BCUT2D eigenvalue weighted by molar-refractivity contribution is 5.91. The van der Waals surface area contributed by atoms with E-state index in [-0.39, 0.29) is 6.10 Å². The lowest BCUT2D eigenvalue weighted by molar-refractivity contribution is 0.0248. The van der Waals surface area contributed by atoms with Crippen LogP contribution in [0.2, 0.25) is 0 Å². The van der Waals surface area contributed by atoms with Gasteiger partial charge in [-0.05, 0) is 43.5 Å². The zero-order valence-electron chi connectivity index (χ0n) is 19.3. The third-order valence-electron chi connectivity index (χ3n) is 5.40. The quantitative estimate of drug-likeness (QED) is 0.434. The van der Waals surface area contributed by atoms with Gasteiger partial charge in [0.05, 0.1) is 26.9 Å². The van der Waals surface area contributed by atoms with Crippen LogP contribution in [0.3, 0.4) is 0 Å². The van der Waals surface area contributed by atoms with Crippen LogP contribution in [0.15, 0.2) is 42.5 Å². The summed E-state index contributed by atoms with van der Waals surface area (Å²) in [6, 6.07) is 13.7. The molecule has 0 aromatic heterocycles. The van der Waals surface area contributed by atoms with Gasteiger partial charge < -0.3 is 23.8 Å². The molecular weight excluding hydrogens is 394 g/mol. The van der Waals surface area contributed by atoms with E-state index < -0.39 is 5.97 Å². The van der Waals surface area contributed by atoms with Crippen molar-refractivity contribution in [1.82, 2.24) is 4.90 Å². The number of methoxy groups -OCH3 is 3. The Morgan fingerprint density at radius 2 is 1.58 bits per heavy atom. The van der Waals surface area contributed by atoms with Gasteiger partial charge in [0.15, 0.2) is 11.5 Å². The van der Waals surface area contributed by atoms with E-state index >= 15 is 0 Å². The van der Waals surface area contributed by atoms with Crippen molar-refractivity contribution >= 4 is 5.97 Å². The maximum Gasteiger partial charge on any atom is 0.338 e. The predicted octanol–water partition coefficient (Wildman–Crippen LogP) is 4.60. The van der Waals surface area contributed by atoms with E-state index in [4.69, 9.17) is 18.9 Å². The first kappa shape index (κ1) is 24.5. The molecule has 2 rings (SSSR count). The zero-order chi connectivity index (χ0) is 22.6. The van der Waals surface area contributed by atoms with Crippen LogP contribution in [0.1, 0.15) is 42.6 Å². The van der Waals surface area contributed by atoms with Crippen molar-refractivity contribution in [3.8, 4) is 17.2 Å². The normalized spacial score (nSPS) is 11.8. The largest absolute Gasteiger partial charge is 0.493 e. The molecule has 0 aliphatic carbocycles. The van der Waals surface area contributed by atoms with Gasteiger partial charge in [0.2, 0.25) is 5.75 Å². The van der Waals surface area contributed by atoms with Gasteiger partial charge in [-0.3, -0.25) is 0 Å². The number of esters is 1. The molecule has 0 saturated heterocycles. The minimum absolute atomic E-state index is 0.155.